The maximum Gasteiger partial charge on any atom is 0.320 e. The lowest BCUT2D eigenvalue weighted by Crippen LogP contribution is -2.61. The van der Waals surface area contributed by atoms with Crippen molar-refractivity contribution >= 4 is 116 Å². The van der Waals surface area contributed by atoms with Crippen LogP contribution in [-0.4, -0.2) is 348 Å². The highest BCUT2D eigenvalue weighted by atomic mass is 33.1. The van der Waals surface area contributed by atoms with Crippen LogP contribution < -0.4 is 53.2 Å². The molecule has 0 unspecified atom stereocenters. The van der Waals surface area contributed by atoms with E-state index >= 15 is 4.79 Å². The van der Waals surface area contributed by atoms with Gasteiger partial charge in [-0.2, -0.15) is 0 Å². The SMILES string of the molecule is CCCC[C@H](NC(=O)CCC(=O)NCCCOCCOCCOCCCNC(=O)CC[C@H](C(=O)O)N1CCN(CC(=O)O)CCN(CC(=O)O)CC1)C(=O)N[C@H]1CSSC[C@@H](C(=O)NCCC(=O)O)NC(=O)[C@@H]2Cc3cccc(c3)CCNC(=O)CC[C@H](NC(=O)[C@H]([C@@H](C)O)NC(=O)[C@@H]3CCCN3C(=O)[C@@H]3CCCN3C1=O)C(=O)N2. The van der Waals surface area contributed by atoms with Crippen LogP contribution in [0.15, 0.2) is 24.3 Å². The van der Waals surface area contributed by atoms with Crippen molar-refractivity contribution in [2.24, 2.45) is 0 Å². The molecule has 39 nitrogen and oxygen atoms in total. The van der Waals surface area contributed by atoms with Crippen molar-refractivity contribution in [1.82, 2.24) is 77.7 Å². The third kappa shape index (κ3) is 34.5. The number of aliphatic hydroxyl groups is 1. The number of fused-ring (bicyclic) bond motifs is 7. The Morgan fingerprint density at radius 2 is 1.14 bits per heavy atom. The molecule has 1 aromatic rings. The number of amides is 12. The van der Waals surface area contributed by atoms with E-state index in [0.717, 1.165) is 27.2 Å². The number of carboxylic acid groups (broad SMARTS) is 4. The van der Waals surface area contributed by atoms with Gasteiger partial charge in [-0.05, 0) is 82.3 Å². The van der Waals surface area contributed by atoms with Gasteiger partial charge in [0, 0.05) is 135 Å². The minimum Gasteiger partial charge on any atom is -0.481 e. The van der Waals surface area contributed by atoms with Crippen LogP contribution in [0.2, 0.25) is 0 Å². The minimum absolute atomic E-state index is 0.0151. The van der Waals surface area contributed by atoms with E-state index in [1.165, 1.54) is 16.7 Å². The smallest absolute Gasteiger partial charge is 0.320 e. The zero-order valence-electron chi connectivity index (χ0n) is 65.4. The molecule has 4 fully saturated rings. The summed E-state index contributed by atoms with van der Waals surface area (Å²) in [4.78, 5) is 223. The number of benzene rings is 1. The highest BCUT2D eigenvalue weighted by Crippen LogP contribution is 2.29. The van der Waals surface area contributed by atoms with Crippen molar-refractivity contribution in [3.8, 4) is 0 Å². The number of nitrogens with one attached hydrogen (secondary N) is 10. The summed E-state index contributed by atoms with van der Waals surface area (Å²) in [5.41, 5.74) is 1.33. The molecule has 41 heteroatoms. The molecule has 642 valence electrons. The van der Waals surface area contributed by atoms with Crippen molar-refractivity contribution in [3.63, 3.8) is 0 Å². The van der Waals surface area contributed by atoms with Gasteiger partial charge >= 0.3 is 23.9 Å². The molecule has 5 aliphatic heterocycles. The Kier molecular flexibility index (Phi) is 42.4. The zero-order valence-corrected chi connectivity index (χ0v) is 67.0. The molecule has 4 saturated heterocycles. The van der Waals surface area contributed by atoms with Gasteiger partial charge in [0.25, 0.3) is 0 Å². The molecule has 0 aromatic heterocycles. The minimum atomic E-state index is -1.73. The molecule has 5 aliphatic rings. The lowest BCUT2D eigenvalue weighted by molar-refractivity contribution is -0.148. The third-order valence-corrected chi connectivity index (χ3v) is 22.3. The number of rotatable bonds is 37. The Bertz CT molecular complexity index is 3430. The van der Waals surface area contributed by atoms with Gasteiger partial charge in [0.2, 0.25) is 70.9 Å². The largest absolute Gasteiger partial charge is 0.481 e. The maximum atomic E-state index is 15.1. The average Bonchev–Trinajstić information content (AvgIpc) is 1.65. The molecule has 5 heterocycles. The second kappa shape index (κ2) is 51.3. The number of aliphatic carboxylic acids is 4. The van der Waals surface area contributed by atoms with Crippen LogP contribution in [0.3, 0.4) is 0 Å². The first-order valence-electron chi connectivity index (χ1n) is 39.4. The molecule has 4 bridgehead atoms. The molecule has 115 heavy (non-hydrogen) atoms. The molecule has 0 saturated carbocycles. The van der Waals surface area contributed by atoms with Crippen LogP contribution >= 0.6 is 21.6 Å². The maximum absolute atomic E-state index is 15.1. The van der Waals surface area contributed by atoms with E-state index in [2.05, 4.69) is 53.2 Å². The summed E-state index contributed by atoms with van der Waals surface area (Å²) in [5.74, 6) is -13.5. The van der Waals surface area contributed by atoms with Gasteiger partial charge < -0.3 is 103 Å². The summed E-state index contributed by atoms with van der Waals surface area (Å²) in [7, 11) is 1.99. The second-order valence-corrected chi connectivity index (χ2v) is 31.3. The van der Waals surface area contributed by atoms with Crippen LogP contribution in [0.5, 0.6) is 0 Å². The van der Waals surface area contributed by atoms with E-state index in [9.17, 15) is 97.5 Å². The molecular weight excluding hydrogens is 1550 g/mol. The lowest BCUT2D eigenvalue weighted by atomic mass is 10.00. The first kappa shape index (κ1) is 95.0. The predicted octanol–water partition coefficient (Wildman–Crippen LogP) is -3.71. The Morgan fingerprint density at radius 1 is 0.565 bits per heavy atom. The Balaban J connectivity index is 1.00. The number of carbonyl (C=O) groups excluding carboxylic acids is 12. The van der Waals surface area contributed by atoms with Crippen molar-refractivity contribution < 1.29 is 116 Å². The number of unbranched alkanes of at least 4 members (excludes halogenated alkanes) is 1. The molecule has 0 aliphatic carbocycles. The molecule has 0 radical (unpaired) electrons. The number of carbonyl (C=O) groups is 16. The topological polar surface area (TPSA) is 538 Å². The number of carboxylic acids is 4. The summed E-state index contributed by atoms with van der Waals surface area (Å²) in [5, 5.41) is 76.1. The number of nitrogens with zero attached hydrogens (tertiary/aromatic N) is 5. The normalized spacial score (nSPS) is 22.6. The van der Waals surface area contributed by atoms with Gasteiger partial charge in [-0.3, -0.25) is 91.4 Å². The van der Waals surface area contributed by atoms with Crippen LogP contribution in [0.25, 0.3) is 0 Å². The fourth-order valence-electron chi connectivity index (χ4n) is 13.6. The van der Waals surface area contributed by atoms with Gasteiger partial charge in [0.05, 0.1) is 52.0 Å². The van der Waals surface area contributed by atoms with Gasteiger partial charge in [0.1, 0.15) is 54.4 Å². The van der Waals surface area contributed by atoms with Crippen LogP contribution in [0.4, 0.5) is 0 Å². The van der Waals surface area contributed by atoms with Crippen molar-refractivity contribution in [2.75, 3.05) is 143 Å². The first-order valence-corrected chi connectivity index (χ1v) is 41.9. The summed E-state index contributed by atoms with van der Waals surface area (Å²) >= 11 is 0. The van der Waals surface area contributed by atoms with Crippen LogP contribution in [0.1, 0.15) is 128 Å². The molecular formula is C74H115N15O24S2. The summed E-state index contributed by atoms with van der Waals surface area (Å²) in [6.45, 7) is 6.10. The van der Waals surface area contributed by atoms with Crippen molar-refractivity contribution in [3.05, 3.63) is 35.4 Å². The van der Waals surface area contributed by atoms with E-state index < -0.39 is 156 Å². The number of hydrogen-bond donors (Lipinski definition) is 15. The molecule has 1 aromatic carbocycles. The fraction of sp³-hybridized carbons (Fsp3) is 0.703. The molecule has 6 rings (SSSR count). The second-order valence-electron chi connectivity index (χ2n) is 28.8. The monoisotopic (exact) mass is 1660 g/mol. The Morgan fingerprint density at radius 3 is 1.76 bits per heavy atom. The molecule has 0 spiro atoms. The van der Waals surface area contributed by atoms with Gasteiger partial charge in [0.15, 0.2) is 0 Å². The molecule has 15 N–H and O–H groups in total. The van der Waals surface area contributed by atoms with E-state index in [0.29, 0.717) is 70.2 Å². The van der Waals surface area contributed by atoms with E-state index in [1.807, 2.05) is 13.0 Å². The molecule has 12 amide bonds. The fourth-order valence-corrected chi connectivity index (χ4v) is 16.0. The summed E-state index contributed by atoms with van der Waals surface area (Å²) in [6, 6.07) is -5.22. The van der Waals surface area contributed by atoms with E-state index in [-0.39, 0.29) is 193 Å². The van der Waals surface area contributed by atoms with E-state index in [4.69, 9.17) is 14.2 Å². The number of ether oxygens (including phenoxy) is 3. The standard InChI is InChI=1S/C74H115N15O24S2/c1-3-4-12-50(79-61(94)20-19-60(93)76-24-9-36-112-38-40-113-39-37-111-35-8-23-75-59(92)18-16-57(74(109)110)87-33-31-85(43-63(97)98)29-30-86(32-34-87)44-64(99)100)67(102)83-54-46-115-114-45-53(66(101)78-26-22-62(95)96)82-69(104)52-42-49-11-5-10-48(41-49)21-25-77-58(91)17-15-51(68(103)81-52)80-71(106)65(47(2)90)84-70(105)55-13-6-27-88(55)73(108)56-14-7-28-89(56)72(54)107/h5,10-11,41,47,50-57,65,90H,3-4,6-9,12-40,42-46H2,1-2H3,(H,75,92)(H,76,93)(H,77,91)(H,78,101)(H,79,94)(H,80,106)(H,81,103)(H,82,104)(H,83,102)(H,84,105)(H,95,96)(H,97,98)(H,99,100)(H,109,110)/t47-,50+,51+,52+,53+,54+,55+,56+,57-,65+/m1/s1. The van der Waals surface area contributed by atoms with Gasteiger partial charge in [-0.25, -0.2) is 0 Å². The quantitative estimate of drug-likeness (QED) is 0.0225. The highest BCUT2D eigenvalue weighted by molar-refractivity contribution is 8.76. The predicted molar refractivity (Wildman–Crippen MR) is 416 cm³/mol. The third-order valence-electron chi connectivity index (χ3n) is 19.9. The number of hydrogen-bond acceptors (Lipinski definition) is 25. The summed E-state index contributed by atoms with van der Waals surface area (Å²) in [6.07, 6.45) is -0.138. The number of aliphatic hydroxyl groups excluding tert-OH is 1. The van der Waals surface area contributed by atoms with Crippen LogP contribution in [0, 0.1) is 0 Å². The van der Waals surface area contributed by atoms with Crippen LogP contribution in [-0.2, 0) is 104 Å². The highest BCUT2D eigenvalue weighted by Gasteiger charge is 2.46. The lowest BCUT2D eigenvalue weighted by Gasteiger charge is -2.33. The van der Waals surface area contributed by atoms with Gasteiger partial charge in [-0.15, -0.1) is 0 Å². The van der Waals surface area contributed by atoms with Gasteiger partial charge in [-0.1, -0.05) is 65.6 Å². The van der Waals surface area contributed by atoms with Crippen molar-refractivity contribution in [2.45, 2.75) is 190 Å². The Labute approximate surface area is 675 Å². The molecule has 10 atom stereocenters. The van der Waals surface area contributed by atoms with Crippen molar-refractivity contribution in [1.29, 1.82) is 0 Å². The van der Waals surface area contributed by atoms with E-state index in [1.54, 1.807) is 32.9 Å². The zero-order chi connectivity index (χ0) is 83.8. The summed E-state index contributed by atoms with van der Waals surface area (Å²) < 4.78 is 16.8. The average molecular weight is 1660 g/mol. The Hall–Kier alpha value is -8.84. The first-order chi connectivity index (χ1) is 55.1.